The van der Waals surface area contributed by atoms with Gasteiger partial charge >= 0.3 is 0 Å². The summed E-state index contributed by atoms with van der Waals surface area (Å²) in [5.74, 6) is 1.39. The lowest BCUT2D eigenvalue weighted by Crippen LogP contribution is -2.24. The van der Waals surface area contributed by atoms with E-state index in [1.807, 2.05) is 0 Å². The molecule has 0 saturated carbocycles. The van der Waals surface area contributed by atoms with Gasteiger partial charge in [-0.25, -0.2) is 0 Å². The monoisotopic (exact) mass is 171 g/mol. The summed E-state index contributed by atoms with van der Waals surface area (Å²) in [7, 11) is 0. The van der Waals surface area contributed by atoms with Gasteiger partial charge in [-0.3, -0.25) is 0 Å². The van der Waals surface area contributed by atoms with Gasteiger partial charge in [0.2, 0.25) is 0 Å². The molecule has 1 fully saturated rings. The minimum absolute atomic E-state index is 0.543. The van der Waals surface area contributed by atoms with Crippen LogP contribution in [0, 0.1) is 11.8 Å². The van der Waals surface area contributed by atoms with Gasteiger partial charge in [0.05, 0.1) is 6.04 Å². The molecular weight excluding hydrogens is 158 g/mol. The number of hydrogen-bond acceptors (Lipinski definition) is 1. The van der Waals surface area contributed by atoms with Crippen molar-refractivity contribution < 1.29 is 0 Å². The number of rotatable bonds is 0. The molecular formula is C12H13N. The Labute approximate surface area is 78.5 Å². The summed E-state index contributed by atoms with van der Waals surface area (Å²) in [5, 5.41) is 3.57. The first-order valence-corrected chi connectivity index (χ1v) is 4.93. The standard InChI is InChI=1S/C12H13N/c1-3-7-11-9(5-1)10-6-2-4-8-12(10)13-11/h1-5,7-11,13H,6H2/t9?,10?,11-/m0/s1. The van der Waals surface area contributed by atoms with Crippen molar-refractivity contribution in [1.29, 1.82) is 0 Å². The van der Waals surface area contributed by atoms with E-state index in [-0.39, 0.29) is 0 Å². The Balaban J connectivity index is 1.97. The van der Waals surface area contributed by atoms with Gasteiger partial charge in [0.15, 0.2) is 0 Å². The molecule has 0 aromatic carbocycles. The largest absolute Gasteiger partial charge is 0.381 e. The average molecular weight is 171 g/mol. The van der Waals surface area contributed by atoms with E-state index in [1.165, 1.54) is 12.1 Å². The van der Waals surface area contributed by atoms with Crippen LogP contribution in [0.5, 0.6) is 0 Å². The summed E-state index contributed by atoms with van der Waals surface area (Å²) >= 11 is 0. The van der Waals surface area contributed by atoms with Crippen LogP contribution in [0.2, 0.25) is 0 Å². The van der Waals surface area contributed by atoms with Gasteiger partial charge in [-0.05, 0) is 12.5 Å². The molecule has 1 saturated heterocycles. The third kappa shape index (κ3) is 0.998. The van der Waals surface area contributed by atoms with Gasteiger partial charge in [0.1, 0.15) is 0 Å². The highest BCUT2D eigenvalue weighted by atomic mass is 15.0. The lowest BCUT2D eigenvalue weighted by molar-refractivity contribution is 0.487. The third-order valence-corrected chi connectivity index (χ3v) is 3.18. The van der Waals surface area contributed by atoms with Crippen LogP contribution in [0.4, 0.5) is 0 Å². The molecule has 1 N–H and O–H groups in total. The Morgan fingerprint density at radius 3 is 3.08 bits per heavy atom. The van der Waals surface area contributed by atoms with Crippen LogP contribution < -0.4 is 5.32 Å². The number of fused-ring (bicyclic) bond motifs is 3. The fourth-order valence-electron chi connectivity index (χ4n) is 2.51. The van der Waals surface area contributed by atoms with Crippen LogP contribution in [0.1, 0.15) is 6.42 Å². The molecule has 0 amide bonds. The molecule has 0 aromatic rings. The van der Waals surface area contributed by atoms with Crippen LogP contribution in [0.25, 0.3) is 0 Å². The van der Waals surface area contributed by atoms with E-state index < -0.39 is 0 Å². The summed E-state index contributed by atoms with van der Waals surface area (Å²) in [6, 6.07) is 0.543. The maximum Gasteiger partial charge on any atom is 0.0513 e. The van der Waals surface area contributed by atoms with Crippen LogP contribution in [-0.4, -0.2) is 6.04 Å². The van der Waals surface area contributed by atoms with E-state index >= 15 is 0 Å². The predicted molar refractivity (Wildman–Crippen MR) is 54.0 cm³/mol. The molecule has 2 unspecified atom stereocenters. The van der Waals surface area contributed by atoms with Crippen molar-refractivity contribution in [3.05, 3.63) is 48.2 Å². The Morgan fingerprint density at radius 2 is 2.08 bits per heavy atom. The zero-order valence-corrected chi connectivity index (χ0v) is 7.48. The SMILES string of the molecule is C1=CCC2C(=C1)N[C@H]1C=CC=CC21. The van der Waals surface area contributed by atoms with Crippen molar-refractivity contribution in [3.63, 3.8) is 0 Å². The molecule has 0 bridgehead atoms. The number of hydrogen-bond donors (Lipinski definition) is 1. The Kier molecular flexibility index (Phi) is 1.45. The first-order chi connectivity index (χ1) is 6.45. The summed E-state index contributed by atoms with van der Waals surface area (Å²) in [6.07, 6.45) is 16.7. The molecule has 0 radical (unpaired) electrons. The van der Waals surface area contributed by atoms with E-state index in [4.69, 9.17) is 0 Å². The second-order valence-corrected chi connectivity index (χ2v) is 3.91. The third-order valence-electron chi connectivity index (χ3n) is 3.18. The summed E-state index contributed by atoms with van der Waals surface area (Å²) in [5.41, 5.74) is 1.42. The van der Waals surface area contributed by atoms with Crippen molar-refractivity contribution in [1.82, 2.24) is 5.32 Å². The molecule has 1 heterocycles. The second-order valence-electron chi connectivity index (χ2n) is 3.91. The highest BCUT2D eigenvalue weighted by molar-refractivity contribution is 5.33. The molecule has 1 nitrogen and oxygen atoms in total. The molecule has 3 atom stereocenters. The van der Waals surface area contributed by atoms with Crippen LogP contribution in [-0.2, 0) is 0 Å². The van der Waals surface area contributed by atoms with Crippen molar-refractivity contribution in [2.45, 2.75) is 12.5 Å². The van der Waals surface area contributed by atoms with E-state index in [0.29, 0.717) is 17.9 Å². The van der Waals surface area contributed by atoms with Crippen molar-refractivity contribution in [3.8, 4) is 0 Å². The molecule has 0 aromatic heterocycles. The molecule has 1 aliphatic heterocycles. The fraction of sp³-hybridized carbons (Fsp3) is 0.333. The smallest absolute Gasteiger partial charge is 0.0513 e. The van der Waals surface area contributed by atoms with E-state index in [2.05, 4.69) is 47.8 Å². The molecule has 13 heavy (non-hydrogen) atoms. The molecule has 1 heteroatoms. The highest BCUT2D eigenvalue weighted by Gasteiger charge is 2.36. The molecule has 0 spiro atoms. The minimum atomic E-state index is 0.543. The summed E-state index contributed by atoms with van der Waals surface area (Å²) < 4.78 is 0. The van der Waals surface area contributed by atoms with Crippen molar-refractivity contribution >= 4 is 0 Å². The Morgan fingerprint density at radius 1 is 1.15 bits per heavy atom. The van der Waals surface area contributed by atoms with Gasteiger partial charge in [-0.15, -0.1) is 0 Å². The van der Waals surface area contributed by atoms with E-state index in [0.717, 1.165) is 0 Å². The summed E-state index contributed by atoms with van der Waals surface area (Å²) in [6.45, 7) is 0. The van der Waals surface area contributed by atoms with Crippen LogP contribution in [0.15, 0.2) is 48.2 Å². The van der Waals surface area contributed by atoms with Crippen molar-refractivity contribution in [2.75, 3.05) is 0 Å². The molecule has 2 aliphatic carbocycles. The van der Waals surface area contributed by atoms with Crippen molar-refractivity contribution in [2.24, 2.45) is 11.8 Å². The predicted octanol–water partition coefficient (Wildman–Crippen LogP) is 2.16. The van der Waals surface area contributed by atoms with Gasteiger partial charge in [-0.2, -0.15) is 0 Å². The zero-order valence-electron chi connectivity index (χ0n) is 7.48. The molecule has 3 rings (SSSR count). The average Bonchev–Trinajstić information content (AvgIpc) is 2.56. The number of allylic oxidation sites excluding steroid dienone is 6. The quantitative estimate of drug-likeness (QED) is 0.589. The summed E-state index contributed by atoms with van der Waals surface area (Å²) in [4.78, 5) is 0. The Bertz CT molecular complexity index is 333. The van der Waals surface area contributed by atoms with Gasteiger partial charge < -0.3 is 5.32 Å². The van der Waals surface area contributed by atoms with E-state index in [9.17, 15) is 0 Å². The maximum absolute atomic E-state index is 3.57. The first kappa shape index (κ1) is 7.19. The van der Waals surface area contributed by atoms with E-state index in [1.54, 1.807) is 0 Å². The van der Waals surface area contributed by atoms with Crippen LogP contribution in [0.3, 0.4) is 0 Å². The first-order valence-electron chi connectivity index (χ1n) is 4.93. The topological polar surface area (TPSA) is 12.0 Å². The highest BCUT2D eigenvalue weighted by Crippen LogP contribution is 2.37. The lowest BCUT2D eigenvalue weighted by Gasteiger charge is -2.19. The fourth-order valence-corrected chi connectivity index (χ4v) is 2.51. The van der Waals surface area contributed by atoms with Gasteiger partial charge in [0, 0.05) is 17.5 Å². The van der Waals surface area contributed by atoms with Crippen LogP contribution >= 0.6 is 0 Å². The minimum Gasteiger partial charge on any atom is -0.381 e. The normalized spacial score (nSPS) is 39.4. The number of nitrogens with one attached hydrogen (secondary N) is 1. The lowest BCUT2D eigenvalue weighted by atomic mass is 9.83. The second kappa shape index (κ2) is 2.63. The zero-order chi connectivity index (χ0) is 8.67. The molecule has 66 valence electrons. The Hall–Kier alpha value is -1.24. The molecule has 3 aliphatic rings. The maximum atomic E-state index is 3.57. The van der Waals surface area contributed by atoms with Gasteiger partial charge in [-0.1, -0.05) is 36.5 Å². The van der Waals surface area contributed by atoms with Gasteiger partial charge in [0.25, 0.3) is 0 Å².